The van der Waals surface area contributed by atoms with Crippen molar-refractivity contribution in [3.63, 3.8) is 0 Å². The van der Waals surface area contributed by atoms with Crippen LogP contribution in [0.15, 0.2) is 41.8 Å². The van der Waals surface area contributed by atoms with Crippen molar-refractivity contribution in [2.24, 2.45) is 0 Å². The minimum absolute atomic E-state index is 0.312. The van der Waals surface area contributed by atoms with Crippen molar-refractivity contribution in [3.05, 3.63) is 53.5 Å². The number of para-hydroxylation sites is 1. The zero-order valence-electron chi connectivity index (χ0n) is 14.7. The Morgan fingerprint density at radius 2 is 2.08 bits per heavy atom. The molecule has 0 amide bonds. The number of esters is 1. The number of ether oxygens (including phenoxy) is 1. The van der Waals surface area contributed by atoms with Crippen LogP contribution in [0.5, 0.6) is 0 Å². The van der Waals surface area contributed by atoms with Gasteiger partial charge in [0.2, 0.25) is 0 Å². The Morgan fingerprint density at radius 3 is 2.84 bits per heavy atom. The average molecular weight is 355 g/mol. The third kappa shape index (κ3) is 3.54. The molecule has 0 aliphatic heterocycles. The van der Waals surface area contributed by atoms with E-state index in [1.54, 1.807) is 18.0 Å². The number of aryl methyl sites for hydroxylation is 2. The molecule has 0 unspecified atom stereocenters. The number of imidazole rings is 1. The predicted octanol–water partition coefficient (Wildman–Crippen LogP) is 4.23. The molecule has 0 radical (unpaired) electrons. The zero-order chi connectivity index (χ0) is 17.8. The van der Waals surface area contributed by atoms with Crippen molar-refractivity contribution in [2.75, 3.05) is 6.61 Å². The summed E-state index contributed by atoms with van der Waals surface area (Å²) < 4.78 is 7.34. The average Bonchev–Trinajstić information content (AvgIpc) is 3.07. The number of carbonyl (C=O) groups excluding carboxylic acids is 1. The van der Waals surface area contributed by atoms with Crippen LogP contribution in [0.4, 0.5) is 0 Å². The van der Waals surface area contributed by atoms with Crippen molar-refractivity contribution in [3.8, 4) is 0 Å². The lowest BCUT2D eigenvalue weighted by Gasteiger charge is -2.14. The van der Waals surface area contributed by atoms with Gasteiger partial charge in [0.1, 0.15) is 0 Å². The van der Waals surface area contributed by atoms with Crippen LogP contribution in [-0.4, -0.2) is 27.1 Å². The molecule has 0 saturated carbocycles. The van der Waals surface area contributed by atoms with Crippen molar-refractivity contribution in [2.45, 2.75) is 38.2 Å². The topological polar surface area (TPSA) is 57.0 Å². The number of fused-ring (bicyclic) bond motifs is 1. The summed E-state index contributed by atoms with van der Waals surface area (Å²) in [6, 6.07) is 7.87. The molecule has 5 nitrogen and oxygen atoms in total. The molecule has 3 rings (SSSR count). The van der Waals surface area contributed by atoms with Gasteiger partial charge in [0, 0.05) is 30.1 Å². The molecule has 2 aromatic heterocycles. The number of thioether (sulfide) groups is 1. The van der Waals surface area contributed by atoms with Gasteiger partial charge >= 0.3 is 5.97 Å². The largest absolute Gasteiger partial charge is 0.462 e. The molecule has 0 aliphatic rings. The van der Waals surface area contributed by atoms with Crippen LogP contribution in [-0.2, 0) is 17.0 Å². The Balaban J connectivity index is 2.02. The third-order valence-electron chi connectivity index (χ3n) is 4.06. The maximum Gasteiger partial charge on any atom is 0.340 e. The number of rotatable bonds is 6. The lowest BCUT2D eigenvalue weighted by molar-refractivity contribution is 0.0524. The monoisotopic (exact) mass is 355 g/mol. The van der Waals surface area contributed by atoms with Crippen LogP contribution < -0.4 is 0 Å². The van der Waals surface area contributed by atoms with Gasteiger partial charge in [-0.15, -0.1) is 0 Å². The van der Waals surface area contributed by atoms with Gasteiger partial charge in [0.25, 0.3) is 0 Å². The third-order valence-corrected chi connectivity index (χ3v) is 5.08. The zero-order valence-corrected chi connectivity index (χ0v) is 15.5. The van der Waals surface area contributed by atoms with Gasteiger partial charge in [-0.2, -0.15) is 0 Å². The molecule has 0 N–H and O–H groups in total. The van der Waals surface area contributed by atoms with Gasteiger partial charge in [-0.1, -0.05) is 30.0 Å². The van der Waals surface area contributed by atoms with Gasteiger partial charge < -0.3 is 9.30 Å². The first kappa shape index (κ1) is 17.5. The Morgan fingerprint density at radius 1 is 1.28 bits per heavy atom. The standard InChI is InChI=1S/C19H21N3O2S/c1-4-22-11-10-20-19(22)25-12-16-17(18(23)24-5-2)13(3)14-8-6-7-9-15(14)21-16/h6-11H,4-5,12H2,1-3H3. The fourth-order valence-electron chi connectivity index (χ4n) is 2.83. The Labute approximate surface area is 151 Å². The summed E-state index contributed by atoms with van der Waals surface area (Å²) in [6.07, 6.45) is 3.74. The fraction of sp³-hybridized carbons (Fsp3) is 0.316. The molecule has 6 heteroatoms. The van der Waals surface area contributed by atoms with Gasteiger partial charge in [-0.3, -0.25) is 4.98 Å². The van der Waals surface area contributed by atoms with Crippen molar-refractivity contribution in [1.29, 1.82) is 0 Å². The summed E-state index contributed by atoms with van der Waals surface area (Å²) >= 11 is 1.58. The molecule has 0 fully saturated rings. The van der Waals surface area contributed by atoms with Crippen molar-refractivity contribution < 1.29 is 9.53 Å². The highest BCUT2D eigenvalue weighted by molar-refractivity contribution is 7.98. The van der Waals surface area contributed by atoms with Gasteiger partial charge in [-0.25, -0.2) is 9.78 Å². The molecular weight excluding hydrogens is 334 g/mol. The molecule has 3 aromatic rings. The van der Waals surface area contributed by atoms with Crippen molar-refractivity contribution in [1.82, 2.24) is 14.5 Å². The molecule has 1 aromatic carbocycles. The van der Waals surface area contributed by atoms with Crippen LogP contribution in [0.2, 0.25) is 0 Å². The van der Waals surface area contributed by atoms with Crippen LogP contribution in [0.25, 0.3) is 10.9 Å². The predicted molar refractivity (Wildman–Crippen MR) is 99.9 cm³/mol. The van der Waals surface area contributed by atoms with E-state index in [2.05, 4.69) is 16.5 Å². The molecule has 25 heavy (non-hydrogen) atoms. The van der Waals surface area contributed by atoms with E-state index in [0.29, 0.717) is 17.9 Å². The molecule has 0 spiro atoms. The summed E-state index contributed by atoms with van der Waals surface area (Å²) in [7, 11) is 0. The quantitative estimate of drug-likeness (QED) is 0.489. The number of carbonyl (C=O) groups is 1. The van der Waals surface area contributed by atoms with Crippen LogP contribution in [0, 0.1) is 6.92 Å². The Bertz CT molecular complexity index is 905. The summed E-state index contributed by atoms with van der Waals surface area (Å²) in [5, 5.41) is 1.90. The van der Waals surface area contributed by atoms with E-state index in [1.165, 1.54) is 0 Å². The van der Waals surface area contributed by atoms with Crippen LogP contribution in [0.3, 0.4) is 0 Å². The van der Waals surface area contributed by atoms with Gasteiger partial charge in [0.15, 0.2) is 5.16 Å². The molecule has 0 bridgehead atoms. The van der Waals surface area contributed by atoms with E-state index in [-0.39, 0.29) is 5.97 Å². The molecule has 130 valence electrons. The maximum atomic E-state index is 12.5. The molecule has 0 saturated heterocycles. The molecule has 2 heterocycles. The number of hydrogen-bond donors (Lipinski definition) is 0. The molecule has 0 atom stereocenters. The summed E-state index contributed by atoms with van der Waals surface area (Å²) in [6.45, 7) is 7.05. The second-order valence-corrected chi connectivity index (χ2v) is 6.52. The van der Waals surface area contributed by atoms with Crippen molar-refractivity contribution >= 4 is 28.6 Å². The first-order valence-electron chi connectivity index (χ1n) is 8.35. The lowest BCUT2D eigenvalue weighted by Crippen LogP contribution is -2.12. The highest BCUT2D eigenvalue weighted by Crippen LogP contribution is 2.28. The number of aromatic nitrogens is 3. The number of nitrogens with zero attached hydrogens (tertiary/aromatic N) is 3. The summed E-state index contributed by atoms with van der Waals surface area (Å²) in [5.41, 5.74) is 3.12. The van der Waals surface area contributed by atoms with Gasteiger partial charge in [0.05, 0.1) is 23.4 Å². The minimum Gasteiger partial charge on any atom is -0.462 e. The summed E-state index contributed by atoms with van der Waals surface area (Å²) in [4.78, 5) is 21.6. The van der Waals surface area contributed by atoms with Gasteiger partial charge in [-0.05, 0) is 32.4 Å². The first-order valence-corrected chi connectivity index (χ1v) is 9.33. The second kappa shape index (κ2) is 7.70. The number of benzene rings is 1. The van der Waals surface area contributed by atoms with Crippen LogP contribution in [0.1, 0.15) is 35.5 Å². The van der Waals surface area contributed by atoms with E-state index in [1.807, 2.05) is 44.3 Å². The highest BCUT2D eigenvalue weighted by Gasteiger charge is 2.20. The maximum absolute atomic E-state index is 12.5. The van der Waals surface area contributed by atoms with E-state index >= 15 is 0 Å². The Hall–Kier alpha value is -2.34. The smallest absolute Gasteiger partial charge is 0.340 e. The minimum atomic E-state index is -0.312. The number of hydrogen-bond acceptors (Lipinski definition) is 5. The summed E-state index contributed by atoms with van der Waals surface area (Å²) in [5.74, 6) is 0.254. The first-order chi connectivity index (χ1) is 12.2. The molecule has 0 aliphatic carbocycles. The normalized spacial score (nSPS) is 11.0. The second-order valence-electron chi connectivity index (χ2n) is 5.58. The van der Waals surface area contributed by atoms with Crippen LogP contribution >= 0.6 is 11.8 Å². The Kier molecular flexibility index (Phi) is 5.38. The van der Waals surface area contributed by atoms with E-state index < -0.39 is 0 Å². The SMILES string of the molecule is CCOC(=O)c1c(CSc2nccn2CC)nc2ccccc2c1C. The highest BCUT2D eigenvalue weighted by atomic mass is 32.2. The molecular formula is C19H21N3O2S. The fourth-order valence-corrected chi connectivity index (χ4v) is 3.79. The van der Waals surface area contributed by atoms with E-state index in [4.69, 9.17) is 9.72 Å². The number of pyridine rings is 1. The lowest BCUT2D eigenvalue weighted by atomic mass is 10.0. The van der Waals surface area contributed by atoms with E-state index in [0.717, 1.165) is 33.9 Å². The van der Waals surface area contributed by atoms with E-state index in [9.17, 15) is 4.79 Å².